The number of halogens is 4. The molecule has 0 radical (unpaired) electrons. The molecule has 94 valence electrons. The van der Waals surface area contributed by atoms with Crippen LogP contribution in [0.1, 0.15) is 5.56 Å². The van der Waals surface area contributed by atoms with Crippen LogP contribution in [0, 0.1) is 0 Å². The fraction of sp³-hybridized carbons (Fsp3) is 0.250. The zero-order valence-corrected chi connectivity index (χ0v) is 10.0. The average Bonchev–Trinajstić information content (AvgIpc) is 2.25. The van der Waals surface area contributed by atoms with Crippen molar-refractivity contribution >= 4 is 34.8 Å². The van der Waals surface area contributed by atoms with E-state index in [0.29, 0.717) is 12.3 Å². The third-order valence-electron chi connectivity index (χ3n) is 1.75. The van der Waals surface area contributed by atoms with E-state index in [1.54, 1.807) is 0 Å². The second-order valence-corrected chi connectivity index (χ2v) is 3.62. The number of rotatable bonds is 1. The Balaban J connectivity index is 3.10. The van der Waals surface area contributed by atoms with Crippen LogP contribution in [0.4, 0.5) is 19.0 Å². The standard InChI is InChI=1S/C8H7ClF3N3OS/c1-16-7(17)15(13)6-5(9)2-4(3-14-6)8(10,11)12/h2-3H,13H2,1H3. The summed E-state index contributed by atoms with van der Waals surface area (Å²) in [6, 6.07) is 0.710. The van der Waals surface area contributed by atoms with Gasteiger partial charge in [0.15, 0.2) is 5.82 Å². The van der Waals surface area contributed by atoms with E-state index < -0.39 is 11.7 Å². The number of hydrogen-bond acceptors (Lipinski definition) is 4. The van der Waals surface area contributed by atoms with Gasteiger partial charge in [0.25, 0.3) is 5.17 Å². The van der Waals surface area contributed by atoms with Crippen LogP contribution in [0.3, 0.4) is 0 Å². The molecule has 0 atom stereocenters. The molecule has 1 heterocycles. The molecule has 1 rings (SSSR count). The Hall–Kier alpha value is -1.12. The van der Waals surface area contributed by atoms with Crippen molar-refractivity contribution in [3.63, 3.8) is 0 Å². The van der Waals surface area contributed by atoms with E-state index in [1.165, 1.54) is 7.11 Å². The summed E-state index contributed by atoms with van der Waals surface area (Å²) in [6.07, 6.45) is -3.91. The number of ether oxygens (including phenoxy) is 1. The number of anilines is 1. The van der Waals surface area contributed by atoms with Crippen molar-refractivity contribution in [2.75, 3.05) is 12.1 Å². The number of pyridine rings is 1. The minimum Gasteiger partial charge on any atom is -0.473 e. The first-order valence-corrected chi connectivity index (χ1v) is 4.91. The molecule has 9 heteroatoms. The minimum absolute atomic E-state index is 0.119. The van der Waals surface area contributed by atoms with E-state index in [-0.39, 0.29) is 16.0 Å². The van der Waals surface area contributed by atoms with Crippen LogP contribution in [-0.2, 0) is 10.9 Å². The molecule has 1 aromatic heterocycles. The summed E-state index contributed by atoms with van der Waals surface area (Å²) in [7, 11) is 1.26. The summed E-state index contributed by atoms with van der Waals surface area (Å²) in [4.78, 5) is 3.50. The quantitative estimate of drug-likeness (QED) is 0.488. The molecular formula is C8H7ClF3N3OS. The Morgan fingerprint density at radius 3 is 2.59 bits per heavy atom. The van der Waals surface area contributed by atoms with Gasteiger partial charge in [0, 0.05) is 6.20 Å². The molecule has 0 bridgehead atoms. The molecule has 17 heavy (non-hydrogen) atoms. The normalized spacial score (nSPS) is 11.2. The molecule has 0 saturated carbocycles. The van der Waals surface area contributed by atoms with E-state index in [2.05, 4.69) is 21.9 Å². The van der Waals surface area contributed by atoms with Gasteiger partial charge in [0.1, 0.15) is 0 Å². The summed E-state index contributed by atoms with van der Waals surface area (Å²) in [5, 5.41) is 0.332. The lowest BCUT2D eigenvalue weighted by molar-refractivity contribution is -0.137. The predicted molar refractivity (Wildman–Crippen MR) is 60.5 cm³/mol. The molecule has 1 aromatic rings. The summed E-state index contributed by atoms with van der Waals surface area (Å²) in [5.41, 5.74) is -0.969. The fourth-order valence-corrected chi connectivity index (χ4v) is 1.29. The second kappa shape index (κ2) is 5.03. The Morgan fingerprint density at radius 1 is 1.59 bits per heavy atom. The van der Waals surface area contributed by atoms with Crippen LogP contribution in [0.25, 0.3) is 0 Å². The van der Waals surface area contributed by atoms with Gasteiger partial charge in [-0.15, -0.1) is 0 Å². The van der Waals surface area contributed by atoms with E-state index in [1.807, 2.05) is 0 Å². The molecule has 0 saturated heterocycles. The molecule has 0 aliphatic heterocycles. The Bertz CT molecular complexity index is 441. The van der Waals surface area contributed by atoms with Crippen molar-refractivity contribution in [1.82, 2.24) is 4.98 Å². The number of hydrazine groups is 1. The van der Waals surface area contributed by atoms with Gasteiger partial charge in [0.05, 0.1) is 17.7 Å². The van der Waals surface area contributed by atoms with E-state index >= 15 is 0 Å². The highest BCUT2D eigenvalue weighted by Crippen LogP contribution is 2.32. The van der Waals surface area contributed by atoms with Gasteiger partial charge in [-0.1, -0.05) is 11.6 Å². The number of nitrogens with zero attached hydrogens (tertiary/aromatic N) is 2. The van der Waals surface area contributed by atoms with Crippen molar-refractivity contribution in [1.29, 1.82) is 0 Å². The summed E-state index contributed by atoms with van der Waals surface area (Å²) in [6.45, 7) is 0. The number of thiocarbonyl (C=S) groups is 1. The van der Waals surface area contributed by atoms with Crippen molar-refractivity contribution < 1.29 is 17.9 Å². The Morgan fingerprint density at radius 2 is 2.18 bits per heavy atom. The molecular weight excluding hydrogens is 279 g/mol. The van der Waals surface area contributed by atoms with Crippen molar-refractivity contribution in [2.24, 2.45) is 5.84 Å². The fourth-order valence-electron chi connectivity index (χ4n) is 0.948. The smallest absolute Gasteiger partial charge is 0.417 e. The van der Waals surface area contributed by atoms with Gasteiger partial charge in [-0.2, -0.15) is 13.2 Å². The lowest BCUT2D eigenvalue weighted by atomic mass is 10.3. The summed E-state index contributed by atoms with van der Waals surface area (Å²) >= 11 is 10.3. The first kappa shape index (κ1) is 13.9. The first-order valence-electron chi connectivity index (χ1n) is 4.13. The van der Waals surface area contributed by atoms with Gasteiger partial charge in [0.2, 0.25) is 0 Å². The maximum Gasteiger partial charge on any atom is 0.417 e. The van der Waals surface area contributed by atoms with E-state index in [0.717, 1.165) is 5.01 Å². The molecule has 0 aromatic carbocycles. The van der Waals surface area contributed by atoms with Crippen LogP contribution >= 0.6 is 23.8 Å². The van der Waals surface area contributed by atoms with Gasteiger partial charge in [-0.25, -0.2) is 15.8 Å². The maximum absolute atomic E-state index is 12.3. The van der Waals surface area contributed by atoms with Crippen molar-refractivity contribution in [3.8, 4) is 0 Å². The molecule has 0 spiro atoms. The van der Waals surface area contributed by atoms with Gasteiger partial charge < -0.3 is 4.74 Å². The van der Waals surface area contributed by atoms with Crippen LogP contribution in [0.5, 0.6) is 0 Å². The maximum atomic E-state index is 12.3. The number of hydrogen-bond donors (Lipinski definition) is 1. The lowest BCUT2D eigenvalue weighted by Crippen LogP contribution is -2.38. The minimum atomic E-state index is -4.52. The van der Waals surface area contributed by atoms with Crippen molar-refractivity contribution in [2.45, 2.75) is 6.18 Å². The Kier molecular flexibility index (Phi) is 4.12. The Labute approximate surface area is 105 Å². The third-order valence-corrected chi connectivity index (χ3v) is 2.39. The van der Waals surface area contributed by atoms with E-state index in [9.17, 15) is 13.2 Å². The lowest BCUT2D eigenvalue weighted by Gasteiger charge is -2.18. The van der Waals surface area contributed by atoms with E-state index in [4.69, 9.17) is 17.4 Å². The molecule has 2 N–H and O–H groups in total. The molecule has 0 unspecified atom stereocenters. The summed E-state index contributed by atoms with van der Waals surface area (Å²) < 4.78 is 41.6. The zero-order chi connectivity index (χ0) is 13.2. The second-order valence-electron chi connectivity index (χ2n) is 2.87. The molecule has 0 amide bonds. The highest BCUT2D eigenvalue weighted by molar-refractivity contribution is 7.80. The third kappa shape index (κ3) is 3.18. The number of alkyl halides is 3. The number of methoxy groups -OCH3 is 1. The molecule has 0 aliphatic carbocycles. The van der Waals surface area contributed by atoms with Gasteiger partial charge >= 0.3 is 6.18 Å². The first-order chi connectivity index (χ1) is 7.77. The molecule has 0 fully saturated rings. The molecule has 4 nitrogen and oxygen atoms in total. The van der Waals surface area contributed by atoms with Crippen LogP contribution < -0.4 is 10.9 Å². The topological polar surface area (TPSA) is 51.4 Å². The average molecular weight is 286 g/mol. The zero-order valence-electron chi connectivity index (χ0n) is 8.45. The van der Waals surface area contributed by atoms with Crippen LogP contribution in [0.2, 0.25) is 5.02 Å². The summed E-state index contributed by atoms with van der Waals surface area (Å²) in [5.74, 6) is 5.33. The largest absolute Gasteiger partial charge is 0.473 e. The van der Waals surface area contributed by atoms with Crippen LogP contribution in [0.15, 0.2) is 12.3 Å². The van der Waals surface area contributed by atoms with Gasteiger partial charge in [-0.05, 0) is 18.3 Å². The SMILES string of the molecule is COC(=S)N(N)c1ncc(C(F)(F)F)cc1Cl. The van der Waals surface area contributed by atoms with Crippen molar-refractivity contribution in [3.05, 3.63) is 22.8 Å². The van der Waals surface area contributed by atoms with Crippen LogP contribution in [-0.4, -0.2) is 17.3 Å². The van der Waals surface area contributed by atoms with Gasteiger partial charge in [-0.3, -0.25) is 0 Å². The monoisotopic (exact) mass is 285 g/mol. The number of aromatic nitrogens is 1. The predicted octanol–water partition coefficient (Wildman–Crippen LogP) is 2.37. The number of nitrogens with two attached hydrogens (primary N) is 1. The highest BCUT2D eigenvalue weighted by atomic mass is 35.5. The molecule has 0 aliphatic rings. The highest BCUT2D eigenvalue weighted by Gasteiger charge is 2.32.